The first kappa shape index (κ1) is 22.6. The summed E-state index contributed by atoms with van der Waals surface area (Å²) in [5.74, 6) is -0.259. The van der Waals surface area contributed by atoms with E-state index >= 15 is 0 Å². The molecule has 2 fully saturated rings. The Balaban J connectivity index is 1.30. The minimum absolute atomic E-state index is 0.0101. The number of carbonyl (C=O) groups is 1. The van der Waals surface area contributed by atoms with Crippen LogP contribution in [0.2, 0.25) is 0 Å². The number of sulfonamides is 1. The molecule has 2 aliphatic rings. The molecule has 0 atom stereocenters. The maximum atomic E-state index is 13.2. The second-order valence-electron chi connectivity index (χ2n) is 8.30. The quantitative estimate of drug-likeness (QED) is 0.612. The lowest BCUT2D eigenvalue weighted by Crippen LogP contribution is -2.52. The highest BCUT2D eigenvalue weighted by atomic mass is 32.2. The maximum absolute atomic E-state index is 13.2. The Morgan fingerprint density at radius 2 is 1.66 bits per heavy atom. The standard InChI is InChI=1S/C24H28FN3O3S/c25-22-8-6-21(7-9-22)18-27(23-10-11-23)19-24(29)26-13-15-28(16-14-26)32(30,31)17-12-20-4-2-1-3-5-20/h1-9,12,17,23H,10-11,13-16,18-19H2. The summed E-state index contributed by atoms with van der Waals surface area (Å²) in [6.45, 7) is 2.24. The number of carbonyl (C=O) groups excluding carboxylic acids is 1. The van der Waals surface area contributed by atoms with Crippen molar-refractivity contribution in [2.75, 3.05) is 32.7 Å². The molecular weight excluding hydrogens is 429 g/mol. The van der Waals surface area contributed by atoms with E-state index in [9.17, 15) is 17.6 Å². The topological polar surface area (TPSA) is 60.9 Å². The zero-order valence-corrected chi connectivity index (χ0v) is 18.8. The summed E-state index contributed by atoms with van der Waals surface area (Å²) < 4.78 is 39.9. The molecule has 170 valence electrons. The lowest BCUT2D eigenvalue weighted by Gasteiger charge is -2.34. The molecule has 2 aromatic carbocycles. The third kappa shape index (κ3) is 6.03. The second kappa shape index (κ2) is 9.94. The summed E-state index contributed by atoms with van der Waals surface area (Å²) in [4.78, 5) is 16.8. The molecule has 32 heavy (non-hydrogen) atoms. The lowest BCUT2D eigenvalue weighted by atomic mass is 10.2. The molecule has 6 nitrogen and oxygen atoms in total. The number of benzene rings is 2. The van der Waals surface area contributed by atoms with Gasteiger partial charge in [0.05, 0.1) is 6.54 Å². The number of hydrogen-bond acceptors (Lipinski definition) is 4. The van der Waals surface area contributed by atoms with E-state index in [4.69, 9.17) is 0 Å². The second-order valence-corrected chi connectivity index (χ2v) is 10.1. The van der Waals surface area contributed by atoms with E-state index in [0.717, 1.165) is 24.0 Å². The van der Waals surface area contributed by atoms with E-state index in [1.807, 2.05) is 30.3 Å². The van der Waals surface area contributed by atoms with Crippen LogP contribution in [-0.2, 0) is 21.4 Å². The first-order chi connectivity index (χ1) is 15.4. The molecular formula is C24H28FN3O3S. The Morgan fingerprint density at radius 1 is 1.00 bits per heavy atom. The van der Waals surface area contributed by atoms with Crippen LogP contribution in [0.1, 0.15) is 24.0 Å². The van der Waals surface area contributed by atoms with Crippen molar-refractivity contribution in [2.24, 2.45) is 0 Å². The van der Waals surface area contributed by atoms with Crippen LogP contribution in [-0.4, -0.2) is 67.2 Å². The third-order valence-corrected chi connectivity index (χ3v) is 7.45. The third-order valence-electron chi connectivity index (χ3n) is 5.88. The molecule has 1 aliphatic heterocycles. The Morgan fingerprint density at radius 3 is 2.28 bits per heavy atom. The van der Waals surface area contributed by atoms with Crippen LogP contribution in [0.15, 0.2) is 60.0 Å². The van der Waals surface area contributed by atoms with Crippen LogP contribution in [0.25, 0.3) is 6.08 Å². The summed E-state index contributed by atoms with van der Waals surface area (Å²) >= 11 is 0. The van der Waals surface area contributed by atoms with Gasteiger partial charge in [-0.05, 0) is 42.2 Å². The van der Waals surface area contributed by atoms with E-state index in [-0.39, 0.29) is 24.8 Å². The molecule has 0 unspecified atom stereocenters. The van der Waals surface area contributed by atoms with E-state index < -0.39 is 10.0 Å². The van der Waals surface area contributed by atoms with Gasteiger partial charge in [0.25, 0.3) is 0 Å². The van der Waals surface area contributed by atoms with Crippen molar-refractivity contribution in [2.45, 2.75) is 25.4 Å². The van der Waals surface area contributed by atoms with E-state index in [2.05, 4.69) is 4.90 Å². The van der Waals surface area contributed by atoms with Gasteiger partial charge in [0.15, 0.2) is 0 Å². The predicted molar refractivity (Wildman–Crippen MR) is 122 cm³/mol. The monoisotopic (exact) mass is 457 g/mol. The first-order valence-electron chi connectivity index (χ1n) is 10.9. The highest BCUT2D eigenvalue weighted by Crippen LogP contribution is 2.28. The number of amides is 1. The zero-order chi connectivity index (χ0) is 22.6. The lowest BCUT2D eigenvalue weighted by molar-refractivity contribution is -0.133. The zero-order valence-electron chi connectivity index (χ0n) is 17.9. The van der Waals surface area contributed by atoms with Crippen LogP contribution in [0.4, 0.5) is 4.39 Å². The minimum atomic E-state index is -3.53. The summed E-state index contributed by atoms with van der Waals surface area (Å²) in [6.07, 6.45) is 3.72. The molecule has 0 radical (unpaired) electrons. The van der Waals surface area contributed by atoms with E-state index in [0.29, 0.717) is 32.2 Å². The molecule has 2 aromatic rings. The highest BCUT2D eigenvalue weighted by molar-refractivity contribution is 7.92. The van der Waals surface area contributed by atoms with Gasteiger partial charge in [-0.2, -0.15) is 4.31 Å². The number of hydrogen-bond donors (Lipinski definition) is 0. The molecule has 0 bridgehead atoms. The highest BCUT2D eigenvalue weighted by Gasteiger charge is 2.33. The molecule has 0 spiro atoms. The average molecular weight is 458 g/mol. The Bertz CT molecular complexity index is 1050. The minimum Gasteiger partial charge on any atom is -0.339 e. The smallest absolute Gasteiger partial charge is 0.236 e. The van der Waals surface area contributed by atoms with Crippen molar-refractivity contribution in [3.63, 3.8) is 0 Å². The Kier molecular flexibility index (Phi) is 7.03. The van der Waals surface area contributed by atoms with Crippen LogP contribution < -0.4 is 0 Å². The van der Waals surface area contributed by atoms with Crippen LogP contribution in [0, 0.1) is 5.82 Å². The predicted octanol–water partition coefficient (Wildman–Crippen LogP) is 2.94. The van der Waals surface area contributed by atoms with Gasteiger partial charge < -0.3 is 4.90 Å². The molecule has 4 rings (SSSR count). The van der Waals surface area contributed by atoms with Crippen LogP contribution in [0.3, 0.4) is 0 Å². The van der Waals surface area contributed by atoms with Gasteiger partial charge in [-0.15, -0.1) is 0 Å². The van der Waals surface area contributed by atoms with Crippen molar-refractivity contribution < 1.29 is 17.6 Å². The van der Waals surface area contributed by atoms with Crippen molar-refractivity contribution in [3.05, 3.63) is 76.9 Å². The van der Waals surface area contributed by atoms with Crippen LogP contribution in [0.5, 0.6) is 0 Å². The molecule has 0 aromatic heterocycles. The van der Waals surface area contributed by atoms with Crippen molar-refractivity contribution in [1.82, 2.24) is 14.1 Å². The number of nitrogens with zero attached hydrogens (tertiary/aromatic N) is 3. The Hall–Kier alpha value is -2.55. The summed E-state index contributed by atoms with van der Waals surface area (Å²) in [7, 11) is -3.53. The Labute approximate surface area is 189 Å². The molecule has 0 N–H and O–H groups in total. The molecule has 1 amide bonds. The van der Waals surface area contributed by atoms with Gasteiger partial charge in [0, 0.05) is 44.2 Å². The van der Waals surface area contributed by atoms with Gasteiger partial charge in [-0.3, -0.25) is 9.69 Å². The molecule has 8 heteroatoms. The van der Waals surface area contributed by atoms with Gasteiger partial charge in [-0.1, -0.05) is 42.5 Å². The van der Waals surface area contributed by atoms with Crippen molar-refractivity contribution >= 4 is 22.0 Å². The maximum Gasteiger partial charge on any atom is 0.236 e. The van der Waals surface area contributed by atoms with E-state index in [1.165, 1.54) is 21.8 Å². The number of piperazine rings is 1. The first-order valence-corrected chi connectivity index (χ1v) is 12.4. The number of halogens is 1. The number of rotatable bonds is 8. The largest absolute Gasteiger partial charge is 0.339 e. The summed E-state index contributed by atoms with van der Waals surface area (Å²) in [5, 5.41) is 1.23. The molecule has 1 saturated heterocycles. The fraction of sp³-hybridized carbons (Fsp3) is 0.375. The van der Waals surface area contributed by atoms with Gasteiger partial charge in [0.1, 0.15) is 5.82 Å². The fourth-order valence-corrected chi connectivity index (χ4v) is 5.03. The average Bonchev–Trinajstić information content (AvgIpc) is 3.65. The van der Waals surface area contributed by atoms with Gasteiger partial charge in [0.2, 0.25) is 15.9 Å². The molecule has 1 heterocycles. The van der Waals surface area contributed by atoms with Crippen molar-refractivity contribution in [1.29, 1.82) is 0 Å². The normalized spacial score (nSPS) is 17.9. The van der Waals surface area contributed by atoms with Gasteiger partial charge in [-0.25, -0.2) is 12.8 Å². The van der Waals surface area contributed by atoms with Gasteiger partial charge >= 0.3 is 0 Å². The fourth-order valence-electron chi connectivity index (χ4n) is 3.86. The molecule has 1 saturated carbocycles. The van der Waals surface area contributed by atoms with Crippen LogP contribution >= 0.6 is 0 Å². The van der Waals surface area contributed by atoms with Crippen molar-refractivity contribution in [3.8, 4) is 0 Å². The SMILES string of the molecule is O=C(CN(Cc1ccc(F)cc1)C1CC1)N1CCN(S(=O)(=O)C=Cc2ccccc2)CC1. The van der Waals surface area contributed by atoms with E-state index in [1.54, 1.807) is 23.1 Å². The molecule has 1 aliphatic carbocycles. The summed E-state index contributed by atoms with van der Waals surface area (Å²) in [5.41, 5.74) is 1.80. The summed E-state index contributed by atoms with van der Waals surface area (Å²) in [6, 6.07) is 16.1.